The van der Waals surface area contributed by atoms with E-state index in [9.17, 15) is 9.59 Å². The van der Waals surface area contributed by atoms with Gasteiger partial charge in [0.1, 0.15) is 0 Å². The number of rotatable bonds is 2. The molecule has 0 saturated carbocycles. The Morgan fingerprint density at radius 1 is 1.53 bits per heavy atom. The summed E-state index contributed by atoms with van der Waals surface area (Å²) in [7, 11) is 0. The number of nitrogens with zero attached hydrogens (tertiary/aromatic N) is 1. The summed E-state index contributed by atoms with van der Waals surface area (Å²) in [6.07, 6.45) is 1.69. The van der Waals surface area contributed by atoms with Gasteiger partial charge in [0.25, 0.3) is 5.91 Å². The Labute approximate surface area is 124 Å². The lowest BCUT2D eigenvalue weighted by Gasteiger charge is -2.13. The van der Waals surface area contributed by atoms with Crippen molar-refractivity contribution in [3.8, 4) is 0 Å². The summed E-state index contributed by atoms with van der Waals surface area (Å²) < 4.78 is 0.300. The molecule has 1 N–H and O–H groups in total. The largest absolute Gasteiger partial charge is 0.285 e. The molecule has 2 rings (SSSR count). The molecule has 1 fully saturated rings. The Morgan fingerprint density at radius 2 is 2.26 bits per heavy atom. The molecule has 1 heterocycles. The van der Waals surface area contributed by atoms with Crippen molar-refractivity contribution in [3.05, 3.63) is 39.8 Å². The average Bonchev–Trinajstić information content (AvgIpc) is 2.57. The fourth-order valence-corrected chi connectivity index (χ4v) is 2.85. The molecule has 1 aliphatic heterocycles. The summed E-state index contributed by atoms with van der Waals surface area (Å²) in [6, 6.07) is 7.12. The van der Waals surface area contributed by atoms with E-state index in [-0.39, 0.29) is 11.8 Å². The summed E-state index contributed by atoms with van der Waals surface area (Å²) >= 11 is 12.1. The lowest BCUT2D eigenvalue weighted by Crippen LogP contribution is -2.43. The van der Waals surface area contributed by atoms with Crippen LogP contribution in [-0.2, 0) is 9.59 Å². The molecule has 0 spiro atoms. The molecule has 1 aromatic rings. The normalized spacial score (nSPS) is 17.2. The molecule has 0 aromatic heterocycles. The number of amides is 2. The average molecular weight is 313 g/mol. The fourth-order valence-electron chi connectivity index (χ4n) is 1.47. The van der Waals surface area contributed by atoms with Crippen LogP contribution in [0.4, 0.5) is 0 Å². The van der Waals surface area contributed by atoms with Crippen molar-refractivity contribution in [2.75, 3.05) is 0 Å². The van der Waals surface area contributed by atoms with Gasteiger partial charge in [-0.25, -0.2) is 0 Å². The predicted molar refractivity (Wildman–Crippen MR) is 80.3 cm³/mol. The van der Waals surface area contributed by atoms with Crippen LogP contribution < -0.4 is 5.43 Å². The van der Waals surface area contributed by atoms with Crippen LogP contribution in [0.2, 0.25) is 5.02 Å². The Balaban J connectivity index is 2.25. The van der Waals surface area contributed by atoms with Gasteiger partial charge in [0.15, 0.2) is 4.32 Å². The maximum atomic E-state index is 12.0. The molecular weight excluding hydrogens is 304 g/mol. The number of hydrazine groups is 1. The van der Waals surface area contributed by atoms with Gasteiger partial charge in [-0.3, -0.25) is 15.0 Å². The van der Waals surface area contributed by atoms with E-state index >= 15 is 0 Å². The Kier molecular flexibility index (Phi) is 4.24. The molecule has 7 heteroatoms. The summed E-state index contributed by atoms with van der Waals surface area (Å²) in [5.74, 6) is -0.689. The molecule has 4 nitrogen and oxygen atoms in total. The van der Waals surface area contributed by atoms with Crippen LogP contribution in [0.1, 0.15) is 12.5 Å². The number of halogens is 1. The maximum Gasteiger partial charge on any atom is 0.285 e. The van der Waals surface area contributed by atoms with E-state index in [4.69, 9.17) is 23.8 Å². The molecule has 1 aliphatic rings. The second-order valence-corrected chi connectivity index (χ2v) is 5.85. The van der Waals surface area contributed by atoms with Gasteiger partial charge in [-0.15, -0.1) is 0 Å². The van der Waals surface area contributed by atoms with Crippen LogP contribution in [0.15, 0.2) is 29.2 Å². The van der Waals surface area contributed by atoms with Gasteiger partial charge in [-0.05, 0) is 36.0 Å². The van der Waals surface area contributed by atoms with E-state index in [2.05, 4.69) is 5.43 Å². The number of carbonyl (C=O) groups is 2. The molecule has 0 radical (unpaired) electrons. The highest BCUT2D eigenvalue weighted by molar-refractivity contribution is 8.26. The van der Waals surface area contributed by atoms with Crippen molar-refractivity contribution in [2.24, 2.45) is 0 Å². The third-order valence-electron chi connectivity index (χ3n) is 2.21. The summed E-state index contributed by atoms with van der Waals surface area (Å²) in [6.45, 7) is 1.32. The van der Waals surface area contributed by atoms with Gasteiger partial charge < -0.3 is 0 Å². The Morgan fingerprint density at radius 3 is 2.89 bits per heavy atom. The highest BCUT2D eigenvalue weighted by atomic mass is 35.5. The first-order chi connectivity index (χ1) is 8.97. The first-order valence-electron chi connectivity index (χ1n) is 5.28. The molecule has 1 saturated heterocycles. The predicted octanol–water partition coefficient (Wildman–Crippen LogP) is 2.59. The minimum Gasteiger partial charge on any atom is -0.274 e. The minimum absolute atomic E-state index is 0.300. The highest BCUT2D eigenvalue weighted by Crippen LogP contribution is 2.31. The number of hydrogen-bond acceptors (Lipinski definition) is 4. The van der Waals surface area contributed by atoms with Crippen LogP contribution in [0.3, 0.4) is 0 Å². The minimum atomic E-state index is -0.347. The topological polar surface area (TPSA) is 49.4 Å². The van der Waals surface area contributed by atoms with E-state index in [1.165, 1.54) is 6.92 Å². The standard InChI is InChI=1S/C12H9ClN2O2S2/c1-7(16)14-15-11(17)10(19-12(15)18)6-8-3-2-4-9(13)5-8/h2-6H,1H3,(H,14,16)/b10-6-. The first kappa shape index (κ1) is 14.0. The molecule has 0 atom stereocenters. The highest BCUT2D eigenvalue weighted by Gasteiger charge is 2.32. The van der Waals surface area contributed by atoms with E-state index in [0.717, 1.165) is 22.3 Å². The lowest BCUT2D eigenvalue weighted by atomic mass is 10.2. The summed E-state index contributed by atoms with van der Waals surface area (Å²) in [4.78, 5) is 23.5. The molecular formula is C12H9ClN2O2S2. The molecule has 1 aromatic carbocycles. The van der Waals surface area contributed by atoms with Crippen LogP contribution >= 0.6 is 35.6 Å². The Bertz CT molecular complexity index is 601. The van der Waals surface area contributed by atoms with Crippen molar-refractivity contribution in [2.45, 2.75) is 6.92 Å². The number of benzene rings is 1. The molecule has 2 amide bonds. The molecule has 0 unspecified atom stereocenters. The number of carbonyl (C=O) groups excluding carboxylic acids is 2. The van der Waals surface area contributed by atoms with Crippen LogP contribution in [0.5, 0.6) is 0 Å². The number of thiocarbonyl (C=S) groups is 1. The van der Waals surface area contributed by atoms with Crippen molar-refractivity contribution < 1.29 is 9.59 Å². The van der Waals surface area contributed by atoms with Crippen molar-refractivity contribution in [1.29, 1.82) is 0 Å². The number of thioether (sulfide) groups is 1. The summed E-state index contributed by atoms with van der Waals surface area (Å²) in [5.41, 5.74) is 3.19. The number of nitrogens with one attached hydrogen (secondary N) is 1. The van der Waals surface area contributed by atoms with Gasteiger partial charge in [0, 0.05) is 11.9 Å². The van der Waals surface area contributed by atoms with E-state index in [0.29, 0.717) is 14.2 Å². The molecule has 0 bridgehead atoms. The quantitative estimate of drug-likeness (QED) is 0.673. The summed E-state index contributed by atoms with van der Waals surface area (Å²) in [5, 5.41) is 1.66. The van der Waals surface area contributed by atoms with Gasteiger partial charge >= 0.3 is 0 Å². The lowest BCUT2D eigenvalue weighted by molar-refractivity contribution is -0.131. The SMILES string of the molecule is CC(=O)NN1C(=O)/C(=C/c2cccc(Cl)c2)SC1=S. The Hall–Kier alpha value is -1.37. The molecule has 98 valence electrons. The van der Waals surface area contributed by atoms with Gasteiger partial charge in [0.2, 0.25) is 5.91 Å². The van der Waals surface area contributed by atoms with Crippen molar-refractivity contribution in [1.82, 2.24) is 10.4 Å². The monoisotopic (exact) mass is 312 g/mol. The number of hydrogen-bond donors (Lipinski definition) is 1. The zero-order valence-electron chi connectivity index (χ0n) is 9.84. The maximum absolute atomic E-state index is 12.0. The van der Waals surface area contributed by atoms with Gasteiger partial charge in [0.05, 0.1) is 4.91 Å². The molecule has 19 heavy (non-hydrogen) atoms. The zero-order valence-corrected chi connectivity index (χ0v) is 12.2. The second kappa shape index (κ2) is 5.73. The van der Waals surface area contributed by atoms with Crippen molar-refractivity contribution in [3.63, 3.8) is 0 Å². The van der Waals surface area contributed by atoms with E-state index < -0.39 is 0 Å². The smallest absolute Gasteiger partial charge is 0.274 e. The zero-order chi connectivity index (χ0) is 14.0. The van der Waals surface area contributed by atoms with Crippen LogP contribution in [-0.4, -0.2) is 21.1 Å². The van der Waals surface area contributed by atoms with Crippen molar-refractivity contribution >= 4 is 57.8 Å². The van der Waals surface area contributed by atoms with E-state index in [1.54, 1.807) is 24.3 Å². The fraction of sp³-hybridized carbons (Fsp3) is 0.0833. The van der Waals surface area contributed by atoms with Crippen LogP contribution in [0.25, 0.3) is 6.08 Å². The van der Waals surface area contributed by atoms with Gasteiger partial charge in [-0.1, -0.05) is 35.5 Å². The second-order valence-electron chi connectivity index (χ2n) is 3.74. The van der Waals surface area contributed by atoms with E-state index in [1.807, 2.05) is 6.07 Å². The van der Waals surface area contributed by atoms with Crippen LogP contribution in [0, 0.1) is 0 Å². The molecule has 0 aliphatic carbocycles. The third-order valence-corrected chi connectivity index (χ3v) is 3.75. The van der Waals surface area contributed by atoms with Gasteiger partial charge in [-0.2, -0.15) is 5.01 Å². The first-order valence-corrected chi connectivity index (χ1v) is 6.88. The third kappa shape index (κ3) is 3.34.